The van der Waals surface area contributed by atoms with Crippen molar-refractivity contribution in [1.82, 2.24) is 5.32 Å². The molecule has 0 aliphatic heterocycles. The minimum absolute atomic E-state index is 0.0158. The smallest absolute Gasteiger partial charge is 0.222 e. The molecule has 0 aromatic rings. The van der Waals surface area contributed by atoms with Crippen molar-refractivity contribution < 1.29 is 20.1 Å². The van der Waals surface area contributed by atoms with Crippen molar-refractivity contribution in [3.05, 3.63) is 24.3 Å². The first-order valence-electron chi connectivity index (χ1n) is 25.1. The summed E-state index contributed by atoms with van der Waals surface area (Å²) in [5, 5.41) is 33.3. The van der Waals surface area contributed by atoms with E-state index >= 15 is 0 Å². The number of nitrogens with one attached hydrogen (secondary N) is 1. The van der Waals surface area contributed by atoms with E-state index in [1.165, 1.54) is 218 Å². The topological polar surface area (TPSA) is 89.8 Å². The fourth-order valence-electron chi connectivity index (χ4n) is 7.87. The van der Waals surface area contributed by atoms with Crippen LogP contribution >= 0.6 is 0 Å². The Balaban J connectivity index is 3.54. The molecule has 0 aliphatic rings. The molecule has 0 aromatic carbocycles. The van der Waals surface area contributed by atoms with Gasteiger partial charge in [-0.05, 0) is 44.9 Å². The van der Waals surface area contributed by atoms with E-state index in [0.717, 1.165) is 25.7 Å². The molecule has 0 rings (SSSR count). The van der Waals surface area contributed by atoms with Gasteiger partial charge >= 0.3 is 0 Å². The van der Waals surface area contributed by atoms with E-state index < -0.39 is 18.2 Å². The average molecular weight is 790 g/mol. The van der Waals surface area contributed by atoms with Crippen LogP contribution in [0, 0.1) is 0 Å². The molecule has 0 heterocycles. The van der Waals surface area contributed by atoms with Crippen LogP contribution in [0.15, 0.2) is 24.3 Å². The summed E-state index contributed by atoms with van der Waals surface area (Å²) in [6, 6.07) is -0.741. The molecular formula is C51H99NO4. The SMILES string of the molecule is CCCCCCCCCCCCC/C=C/C(O)C(CO)NC(=O)CC(O)CCCCCCCCCCCCCC/C=C\CCCCCCCCCCCCCC. The van der Waals surface area contributed by atoms with E-state index in [1.54, 1.807) is 6.08 Å². The molecule has 0 aromatic heterocycles. The van der Waals surface area contributed by atoms with E-state index in [0.29, 0.717) is 6.42 Å². The maximum atomic E-state index is 12.5. The molecule has 0 spiro atoms. The number of aliphatic hydroxyl groups is 3. The van der Waals surface area contributed by atoms with Crippen molar-refractivity contribution in [2.75, 3.05) is 6.61 Å². The minimum atomic E-state index is -0.926. The van der Waals surface area contributed by atoms with Crippen molar-refractivity contribution in [2.45, 2.75) is 289 Å². The zero-order chi connectivity index (χ0) is 40.8. The standard InChI is InChI=1S/C51H99NO4/c1-3-5-7-9-11-13-15-17-18-19-20-21-22-23-24-25-26-27-28-29-30-31-33-34-36-38-40-42-44-48(54)46-51(56)52-49(47-53)50(55)45-43-41-39-37-35-32-16-14-12-10-8-6-4-2/h23-24,43,45,48-50,53-55H,3-22,25-42,44,46-47H2,1-2H3,(H,52,56)/b24-23-,45-43+. The van der Waals surface area contributed by atoms with Crippen molar-refractivity contribution in [1.29, 1.82) is 0 Å². The van der Waals surface area contributed by atoms with Gasteiger partial charge in [0.2, 0.25) is 5.91 Å². The fraction of sp³-hybridized carbons (Fsp3) is 0.902. The first kappa shape index (κ1) is 54.8. The molecule has 0 aliphatic carbocycles. The molecule has 56 heavy (non-hydrogen) atoms. The van der Waals surface area contributed by atoms with Gasteiger partial charge in [0.1, 0.15) is 0 Å². The van der Waals surface area contributed by atoms with Gasteiger partial charge in [-0.3, -0.25) is 4.79 Å². The van der Waals surface area contributed by atoms with Gasteiger partial charge in [-0.1, -0.05) is 244 Å². The van der Waals surface area contributed by atoms with Gasteiger partial charge in [0, 0.05) is 0 Å². The van der Waals surface area contributed by atoms with Gasteiger partial charge in [-0.15, -0.1) is 0 Å². The number of unbranched alkanes of at least 4 members (excludes halogenated alkanes) is 35. The van der Waals surface area contributed by atoms with Gasteiger partial charge < -0.3 is 20.6 Å². The summed E-state index contributed by atoms with van der Waals surface area (Å²) >= 11 is 0. The molecule has 5 nitrogen and oxygen atoms in total. The maximum Gasteiger partial charge on any atom is 0.222 e. The molecule has 1 amide bonds. The number of allylic oxidation sites excluding steroid dienone is 3. The highest BCUT2D eigenvalue weighted by Gasteiger charge is 2.20. The van der Waals surface area contributed by atoms with Crippen LogP contribution in [-0.2, 0) is 4.79 Å². The van der Waals surface area contributed by atoms with Crippen LogP contribution in [0.2, 0.25) is 0 Å². The van der Waals surface area contributed by atoms with Crippen LogP contribution in [0.3, 0.4) is 0 Å². The third kappa shape index (κ3) is 42.4. The molecule has 3 unspecified atom stereocenters. The third-order valence-electron chi connectivity index (χ3n) is 11.7. The lowest BCUT2D eigenvalue weighted by Crippen LogP contribution is -2.45. The van der Waals surface area contributed by atoms with E-state index in [2.05, 4.69) is 31.3 Å². The van der Waals surface area contributed by atoms with Crippen LogP contribution in [0.1, 0.15) is 271 Å². The van der Waals surface area contributed by atoms with E-state index in [4.69, 9.17) is 0 Å². The number of hydrogen-bond acceptors (Lipinski definition) is 4. The molecule has 0 bridgehead atoms. The molecule has 4 N–H and O–H groups in total. The summed E-state index contributed by atoms with van der Waals surface area (Å²) in [4.78, 5) is 12.5. The zero-order valence-corrected chi connectivity index (χ0v) is 37.8. The Kier molecular flexibility index (Phi) is 45.5. The second-order valence-electron chi connectivity index (χ2n) is 17.4. The lowest BCUT2D eigenvalue weighted by molar-refractivity contribution is -0.124. The Morgan fingerprint density at radius 1 is 0.446 bits per heavy atom. The molecular weight excluding hydrogens is 691 g/mol. The summed E-state index contributed by atoms with van der Waals surface area (Å²) in [6.07, 6.45) is 57.8. The summed E-state index contributed by atoms with van der Waals surface area (Å²) in [7, 11) is 0. The number of hydrogen-bond donors (Lipinski definition) is 4. The first-order chi connectivity index (χ1) is 27.5. The largest absolute Gasteiger partial charge is 0.394 e. The normalized spacial score (nSPS) is 13.6. The van der Waals surface area contributed by atoms with Gasteiger partial charge in [-0.25, -0.2) is 0 Å². The number of amides is 1. The molecule has 0 radical (unpaired) electrons. The summed E-state index contributed by atoms with van der Waals surface area (Å²) in [5.74, 6) is -0.313. The Morgan fingerprint density at radius 2 is 0.750 bits per heavy atom. The van der Waals surface area contributed by atoms with Crippen LogP contribution in [-0.4, -0.2) is 46.1 Å². The van der Waals surface area contributed by atoms with Crippen LogP contribution in [0.5, 0.6) is 0 Å². The predicted octanol–water partition coefficient (Wildman–Crippen LogP) is 14.9. The Labute approximate surface area is 350 Å². The lowest BCUT2D eigenvalue weighted by Gasteiger charge is -2.21. The van der Waals surface area contributed by atoms with Crippen molar-refractivity contribution in [2.24, 2.45) is 0 Å². The number of carbonyl (C=O) groups is 1. The predicted molar refractivity (Wildman–Crippen MR) is 245 cm³/mol. The Hall–Kier alpha value is -1.17. The molecule has 5 heteroatoms. The van der Waals surface area contributed by atoms with Gasteiger partial charge in [0.15, 0.2) is 0 Å². The Bertz CT molecular complexity index is 829. The zero-order valence-electron chi connectivity index (χ0n) is 37.8. The number of carbonyl (C=O) groups excluding carboxylic acids is 1. The average Bonchev–Trinajstić information content (AvgIpc) is 3.19. The van der Waals surface area contributed by atoms with E-state index in [-0.39, 0.29) is 18.9 Å². The van der Waals surface area contributed by atoms with Gasteiger partial charge in [-0.2, -0.15) is 0 Å². The highest BCUT2D eigenvalue weighted by atomic mass is 16.3. The second-order valence-corrected chi connectivity index (χ2v) is 17.4. The molecule has 0 fully saturated rings. The van der Waals surface area contributed by atoms with E-state index in [1.807, 2.05) is 6.08 Å². The lowest BCUT2D eigenvalue weighted by atomic mass is 10.0. The van der Waals surface area contributed by atoms with Crippen LogP contribution in [0.4, 0.5) is 0 Å². The Morgan fingerprint density at radius 3 is 1.09 bits per heavy atom. The van der Waals surface area contributed by atoms with Crippen LogP contribution in [0.25, 0.3) is 0 Å². The highest BCUT2D eigenvalue weighted by molar-refractivity contribution is 5.76. The van der Waals surface area contributed by atoms with Gasteiger partial charge in [0.05, 0.1) is 31.3 Å². The second kappa shape index (κ2) is 46.5. The third-order valence-corrected chi connectivity index (χ3v) is 11.7. The highest BCUT2D eigenvalue weighted by Crippen LogP contribution is 2.16. The molecule has 0 saturated heterocycles. The monoisotopic (exact) mass is 790 g/mol. The maximum absolute atomic E-state index is 12.5. The molecule has 3 atom stereocenters. The van der Waals surface area contributed by atoms with Crippen LogP contribution < -0.4 is 5.32 Å². The molecule has 0 saturated carbocycles. The van der Waals surface area contributed by atoms with Crippen molar-refractivity contribution in [3.63, 3.8) is 0 Å². The van der Waals surface area contributed by atoms with E-state index in [9.17, 15) is 20.1 Å². The minimum Gasteiger partial charge on any atom is -0.394 e. The fourth-order valence-corrected chi connectivity index (χ4v) is 7.87. The summed E-state index contributed by atoms with van der Waals surface area (Å²) < 4.78 is 0. The summed E-state index contributed by atoms with van der Waals surface area (Å²) in [5.41, 5.74) is 0. The number of aliphatic hydroxyl groups excluding tert-OH is 3. The van der Waals surface area contributed by atoms with Gasteiger partial charge in [0.25, 0.3) is 0 Å². The number of rotatable bonds is 46. The quantitative estimate of drug-likeness (QED) is 0.0365. The van der Waals surface area contributed by atoms with Crippen molar-refractivity contribution in [3.8, 4) is 0 Å². The first-order valence-corrected chi connectivity index (χ1v) is 25.1. The summed E-state index contributed by atoms with van der Waals surface area (Å²) in [6.45, 7) is 4.22. The van der Waals surface area contributed by atoms with Crippen molar-refractivity contribution >= 4 is 5.91 Å². The molecule has 332 valence electrons.